The van der Waals surface area contributed by atoms with Crippen molar-refractivity contribution in [1.29, 1.82) is 0 Å². The Kier molecular flexibility index (Phi) is 6.35. The summed E-state index contributed by atoms with van der Waals surface area (Å²) in [6, 6.07) is 0. The average molecular weight is 413 g/mol. The molecule has 0 aromatic heterocycles. The molecule has 0 aromatic rings. The Hall–Kier alpha value is -0.560. The topological polar surface area (TPSA) is 20.2 Å². The fourth-order valence-electron chi connectivity index (χ4n) is 8.83. The third kappa shape index (κ3) is 3.66. The first-order chi connectivity index (χ1) is 14.2. The second kappa shape index (κ2) is 8.42. The monoisotopic (exact) mass is 412 g/mol. The number of fused-ring (bicyclic) bond motifs is 5. The standard InChI is InChI=1S/C29H48O/c1-7-21(19(2)3)9-8-20(4)25-12-13-26-24-11-10-22-18-23(30)14-16-28(22,5)27(24)15-17-29(25,26)6/h8-10,19-21,23-27,30H,7,11-18H2,1-6H3/t20-,21+,23-,24-,25+,26-,27-,28-,29+/m0/s1. The lowest BCUT2D eigenvalue weighted by Gasteiger charge is -2.58. The van der Waals surface area contributed by atoms with E-state index in [0.717, 1.165) is 48.3 Å². The van der Waals surface area contributed by atoms with Crippen LogP contribution in [0.2, 0.25) is 0 Å². The molecule has 1 N–H and O–H groups in total. The summed E-state index contributed by atoms with van der Waals surface area (Å²) in [5.41, 5.74) is 2.51. The number of allylic oxidation sites excluding steroid dienone is 3. The number of aliphatic hydroxyl groups excluding tert-OH is 1. The maximum absolute atomic E-state index is 10.2. The van der Waals surface area contributed by atoms with E-state index in [-0.39, 0.29) is 6.10 Å². The summed E-state index contributed by atoms with van der Waals surface area (Å²) < 4.78 is 0. The van der Waals surface area contributed by atoms with E-state index in [2.05, 4.69) is 59.8 Å². The number of hydrogen-bond acceptors (Lipinski definition) is 1. The van der Waals surface area contributed by atoms with Crippen LogP contribution in [0.25, 0.3) is 0 Å². The van der Waals surface area contributed by atoms with Crippen LogP contribution in [0.1, 0.15) is 99.3 Å². The first-order valence-electron chi connectivity index (χ1n) is 13.3. The van der Waals surface area contributed by atoms with Crippen molar-refractivity contribution in [3.63, 3.8) is 0 Å². The zero-order valence-electron chi connectivity index (χ0n) is 20.7. The van der Waals surface area contributed by atoms with Gasteiger partial charge < -0.3 is 5.11 Å². The molecular formula is C29H48O. The van der Waals surface area contributed by atoms with Gasteiger partial charge in [0, 0.05) is 0 Å². The summed E-state index contributed by atoms with van der Waals surface area (Å²) in [6.45, 7) is 14.8. The normalized spacial score (nSPS) is 45.6. The lowest BCUT2D eigenvalue weighted by molar-refractivity contribution is -0.0540. The van der Waals surface area contributed by atoms with Crippen LogP contribution >= 0.6 is 0 Å². The molecule has 3 saturated carbocycles. The van der Waals surface area contributed by atoms with Gasteiger partial charge >= 0.3 is 0 Å². The molecule has 0 spiro atoms. The Morgan fingerprint density at radius 2 is 1.80 bits per heavy atom. The van der Waals surface area contributed by atoms with Gasteiger partial charge in [-0.05, 0) is 110 Å². The van der Waals surface area contributed by atoms with E-state index in [9.17, 15) is 5.11 Å². The van der Waals surface area contributed by atoms with Gasteiger partial charge in [-0.25, -0.2) is 0 Å². The summed E-state index contributed by atoms with van der Waals surface area (Å²) in [5.74, 6) is 5.70. The van der Waals surface area contributed by atoms with Gasteiger partial charge in [-0.3, -0.25) is 0 Å². The second-order valence-electron chi connectivity index (χ2n) is 12.4. The molecule has 170 valence electrons. The molecule has 1 heteroatoms. The van der Waals surface area contributed by atoms with Gasteiger partial charge in [-0.2, -0.15) is 0 Å². The second-order valence-corrected chi connectivity index (χ2v) is 12.4. The van der Waals surface area contributed by atoms with Crippen molar-refractivity contribution >= 4 is 0 Å². The van der Waals surface area contributed by atoms with E-state index in [1.165, 1.54) is 44.9 Å². The molecule has 4 aliphatic rings. The zero-order valence-corrected chi connectivity index (χ0v) is 20.7. The summed E-state index contributed by atoms with van der Waals surface area (Å²) >= 11 is 0. The van der Waals surface area contributed by atoms with E-state index in [1.54, 1.807) is 5.57 Å². The van der Waals surface area contributed by atoms with E-state index < -0.39 is 0 Å². The van der Waals surface area contributed by atoms with Crippen LogP contribution in [0.5, 0.6) is 0 Å². The average Bonchev–Trinajstić information content (AvgIpc) is 3.06. The van der Waals surface area contributed by atoms with E-state index >= 15 is 0 Å². The first-order valence-corrected chi connectivity index (χ1v) is 13.3. The van der Waals surface area contributed by atoms with Gasteiger partial charge in [0.2, 0.25) is 0 Å². The maximum atomic E-state index is 10.2. The van der Waals surface area contributed by atoms with Gasteiger partial charge in [0.05, 0.1) is 6.10 Å². The third-order valence-electron chi connectivity index (χ3n) is 10.8. The van der Waals surface area contributed by atoms with Crippen molar-refractivity contribution < 1.29 is 5.11 Å². The quantitative estimate of drug-likeness (QED) is 0.457. The van der Waals surface area contributed by atoms with Crippen LogP contribution < -0.4 is 0 Å². The molecule has 30 heavy (non-hydrogen) atoms. The van der Waals surface area contributed by atoms with Crippen molar-refractivity contribution in [3.05, 3.63) is 23.8 Å². The van der Waals surface area contributed by atoms with Crippen LogP contribution in [0, 0.1) is 52.3 Å². The Morgan fingerprint density at radius 1 is 1.03 bits per heavy atom. The minimum absolute atomic E-state index is 0.0870. The first kappa shape index (κ1) is 22.6. The van der Waals surface area contributed by atoms with Crippen molar-refractivity contribution in [1.82, 2.24) is 0 Å². The third-order valence-corrected chi connectivity index (χ3v) is 10.8. The molecule has 3 fully saturated rings. The van der Waals surface area contributed by atoms with Gasteiger partial charge in [0.25, 0.3) is 0 Å². The van der Waals surface area contributed by atoms with Gasteiger partial charge in [-0.15, -0.1) is 0 Å². The zero-order chi connectivity index (χ0) is 21.7. The molecule has 4 aliphatic carbocycles. The molecule has 0 aromatic carbocycles. The SMILES string of the molecule is CC[C@H](C=C[C@H](C)[C@H]1CC[C@H]2[C@@H]3CC=C4C[C@@H](O)CC[C@]4(C)[C@H]3CC[C@]12C)C(C)C. The number of aliphatic hydroxyl groups is 1. The van der Waals surface area contributed by atoms with Crippen LogP contribution in [0.15, 0.2) is 23.8 Å². The summed E-state index contributed by atoms with van der Waals surface area (Å²) in [4.78, 5) is 0. The Balaban J connectivity index is 1.52. The fourth-order valence-corrected chi connectivity index (χ4v) is 8.83. The summed E-state index contributed by atoms with van der Waals surface area (Å²) in [5, 5.41) is 10.2. The molecule has 1 nitrogen and oxygen atoms in total. The van der Waals surface area contributed by atoms with Gasteiger partial charge in [0.15, 0.2) is 0 Å². The summed E-state index contributed by atoms with van der Waals surface area (Å²) in [7, 11) is 0. The highest BCUT2D eigenvalue weighted by Gasteiger charge is 2.58. The molecule has 0 heterocycles. The van der Waals surface area contributed by atoms with E-state index in [0.29, 0.717) is 16.7 Å². The van der Waals surface area contributed by atoms with Crippen LogP contribution in [-0.4, -0.2) is 11.2 Å². The Morgan fingerprint density at radius 3 is 2.50 bits per heavy atom. The van der Waals surface area contributed by atoms with Crippen molar-refractivity contribution in [2.24, 2.45) is 52.3 Å². The smallest absolute Gasteiger partial charge is 0.0577 e. The largest absolute Gasteiger partial charge is 0.393 e. The van der Waals surface area contributed by atoms with E-state index in [1.807, 2.05) is 0 Å². The minimum Gasteiger partial charge on any atom is -0.393 e. The highest BCUT2D eigenvalue weighted by Crippen LogP contribution is 2.67. The van der Waals surface area contributed by atoms with Crippen LogP contribution in [0.3, 0.4) is 0 Å². The Bertz CT molecular complexity index is 674. The molecular weight excluding hydrogens is 364 g/mol. The molecule has 0 amide bonds. The lowest BCUT2D eigenvalue weighted by atomic mass is 9.47. The maximum Gasteiger partial charge on any atom is 0.0577 e. The number of rotatable bonds is 5. The van der Waals surface area contributed by atoms with E-state index in [4.69, 9.17) is 0 Å². The fraction of sp³-hybridized carbons (Fsp3) is 0.862. The lowest BCUT2D eigenvalue weighted by Crippen LogP contribution is -2.50. The molecule has 9 atom stereocenters. The molecule has 0 unspecified atom stereocenters. The predicted octanol–water partition coefficient (Wildman–Crippen LogP) is 7.80. The summed E-state index contributed by atoms with van der Waals surface area (Å²) in [6.07, 6.45) is 19.1. The van der Waals surface area contributed by atoms with Crippen molar-refractivity contribution in [2.75, 3.05) is 0 Å². The van der Waals surface area contributed by atoms with Crippen LogP contribution in [0.4, 0.5) is 0 Å². The predicted molar refractivity (Wildman–Crippen MR) is 128 cm³/mol. The van der Waals surface area contributed by atoms with Crippen molar-refractivity contribution in [2.45, 2.75) is 105 Å². The Labute approximate surface area is 186 Å². The van der Waals surface area contributed by atoms with Gasteiger partial charge in [-0.1, -0.05) is 65.3 Å². The van der Waals surface area contributed by atoms with Crippen molar-refractivity contribution in [3.8, 4) is 0 Å². The minimum atomic E-state index is -0.0870. The highest BCUT2D eigenvalue weighted by molar-refractivity contribution is 5.25. The molecule has 0 bridgehead atoms. The number of hydrogen-bond donors (Lipinski definition) is 1. The molecule has 0 saturated heterocycles. The molecule has 0 radical (unpaired) electrons. The highest BCUT2D eigenvalue weighted by atomic mass is 16.3. The van der Waals surface area contributed by atoms with Crippen LogP contribution in [-0.2, 0) is 0 Å². The molecule has 0 aliphatic heterocycles. The molecule has 4 rings (SSSR count). The van der Waals surface area contributed by atoms with Gasteiger partial charge in [0.1, 0.15) is 0 Å².